The number of rotatable bonds is 5. The number of anilines is 1. The van der Waals surface area contributed by atoms with Gasteiger partial charge in [-0.15, -0.1) is 0 Å². The van der Waals surface area contributed by atoms with Gasteiger partial charge >= 0.3 is 0 Å². The van der Waals surface area contributed by atoms with E-state index in [-0.39, 0.29) is 5.91 Å². The second-order valence-corrected chi connectivity index (χ2v) is 5.55. The maximum Gasteiger partial charge on any atom is 0.266 e. The van der Waals surface area contributed by atoms with Crippen LogP contribution in [0.2, 0.25) is 5.02 Å². The number of halogens is 1. The smallest absolute Gasteiger partial charge is 0.266 e. The topological polar surface area (TPSA) is 56.2 Å². The Bertz CT molecular complexity index is 682. The van der Waals surface area contributed by atoms with Gasteiger partial charge in [-0.25, -0.2) is 4.68 Å². The second-order valence-electron chi connectivity index (χ2n) is 5.15. The van der Waals surface area contributed by atoms with Crippen LogP contribution in [0.1, 0.15) is 25.1 Å². The van der Waals surface area contributed by atoms with Crippen LogP contribution in [0.5, 0.6) is 5.75 Å². The largest absolute Gasteiger partial charge is 0.481 e. The summed E-state index contributed by atoms with van der Waals surface area (Å²) in [5.41, 5.74) is 1.77. The van der Waals surface area contributed by atoms with E-state index in [1.165, 1.54) is 0 Å². The quantitative estimate of drug-likeness (QED) is 0.915. The van der Waals surface area contributed by atoms with Gasteiger partial charge < -0.3 is 10.1 Å². The third-order valence-electron chi connectivity index (χ3n) is 3.26. The molecule has 0 saturated carbocycles. The van der Waals surface area contributed by atoms with Crippen molar-refractivity contribution in [3.8, 4) is 5.75 Å². The van der Waals surface area contributed by atoms with Gasteiger partial charge in [-0.1, -0.05) is 11.6 Å². The van der Waals surface area contributed by atoms with E-state index in [1.807, 2.05) is 32.9 Å². The molecule has 1 aromatic heterocycles. The zero-order chi connectivity index (χ0) is 16.3. The Morgan fingerprint density at radius 2 is 2.14 bits per heavy atom. The van der Waals surface area contributed by atoms with Gasteiger partial charge in [0.15, 0.2) is 6.10 Å². The van der Waals surface area contributed by atoms with Crippen LogP contribution in [0.25, 0.3) is 0 Å². The summed E-state index contributed by atoms with van der Waals surface area (Å²) in [6.07, 6.45) is -0.624. The minimum absolute atomic E-state index is 0.220. The van der Waals surface area contributed by atoms with Crippen molar-refractivity contribution >= 4 is 23.3 Å². The number of nitrogens with zero attached hydrogens (tertiary/aromatic N) is 2. The molecule has 6 heteroatoms. The van der Waals surface area contributed by atoms with Crippen molar-refractivity contribution in [3.63, 3.8) is 0 Å². The third kappa shape index (κ3) is 3.80. The maximum absolute atomic E-state index is 12.2. The maximum atomic E-state index is 12.2. The molecule has 2 aromatic rings. The SMILES string of the molecule is CCn1nc(C)cc1NC(=O)C(C)Oc1ccc(Cl)c(C)c1. The molecule has 0 saturated heterocycles. The lowest BCUT2D eigenvalue weighted by molar-refractivity contribution is -0.122. The predicted molar refractivity (Wildman–Crippen MR) is 87.5 cm³/mol. The van der Waals surface area contributed by atoms with E-state index in [2.05, 4.69) is 10.4 Å². The van der Waals surface area contributed by atoms with E-state index in [4.69, 9.17) is 16.3 Å². The van der Waals surface area contributed by atoms with Crippen molar-refractivity contribution in [1.82, 2.24) is 9.78 Å². The Hall–Kier alpha value is -2.01. The summed E-state index contributed by atoms with van der Waals surface area (Å²) in [6, 6.07) is 7.15. The molecule has 0 spiro atoms. The molecule has 0 aliphatic carbocycles. The first-order chi connectivity index (χ1) is 10.4. The zero-order valence-corrected chi connectivity index (χ0v) is 13.9. The highest BCUT2D eigenvalue weighted by molar-refractivity contribution is 6.31. The van der Waals surface area contributed by atoms with Gasteiger partial charge in [0.05, 0.1) is 5.69 Å². The van der Waals surface area contributed by atoms with Crippen molar-refractivity contribution in [2.24, 2.45) is 0 Å². The number of amides is 1. The fraction of sp³-hybridized carbons (Fsp3) is 0.375. The molecule has 22 heavy (non-hydrogen) atoms. The molecule has 1 atom stereocenters. The molecule has 0 fully saturated rings. The van der Waals surface area contributed by atoms with E-state index in [0.717, 1.165) is 11.3 Å². The Morgan fingerprint density at radius 1 is 1.41 bits per heavy atom. The van der Waals surface area contributed by atoms with Gasteiger partial charge in [0.2, 0.25) is 0 Å². The van der Waals surface area contributed by atoms with Gasteiger partial charge in [-0.05, 0) is 51.5 Å². The lowest BCUT2D eigenvalue weighted by Gasteiger charge is -2.15. The summed E-state index contributed by atoms with van der Waals surface area (Å²) in [4.78, 5) is 12.2. The summed E-state index contributed by atoms with van der Waals surface area (Å²) in [5.74, 6) is 1.07. The number of benzene rings is 1. The Morgan fingerprint density at radius 3 is 2.77 bits per heavy atom. The number of hydrogen-bond acceptors (Lipinski definition) is 3. The van der Waals surface area contributed by atoms with Gasteiger partial charge in [0.1, 0.15) is 11.6 Å². The van der Waals surface area contributed by atoms with Crippen LogP contribution < -0.4 is 10.1 Å². The van der Waals surface area contributed by atoms with E-state index in [0.29, 0.717) is 23.1 Å². The number of aryl methyl sites for hydroxylation is 3. The van der Waals surface area contributed by atoms with Gasteiger partial charge in [0, 0.05) is 17.6 Å². The number of carbonyl (C=O) groups is 1. The number of carbonyl (C=O) groups excluding carboxylic acids is 1. The molecule has 5 nitrogen and oxygen atoms in total. The lowest BCUT2D eigenvalue weighted by atomic mass is 10.2. The summed E-state index contributed by atoms with van der Waals surface area (Å²) in [7, 11) is 0. The minimum atomic E-state index is -0.624. The Balaban J connectivity index is 2.04. The first-order valence-corrected chi connectivity index (χ1v) is 7.56. The second kappa shape index (κ2) is 6.83. The molecule has 0 radical (unpaired) electrons. The molecule has 118 valence electrons. The van der Waals surface area contributed by atoms with Crippen molar-refractivity contribution in [3.05, 3.63) is 40.5 Å². The molecule has 1 heterocycles. The molecule has 1 amide bonds. The predicted octanol–water partition coefficient (Wildman–Crippen LogP) is 3.58. The highest BCUT2D eigenvalue weighted by Gasteiger charge is 2.17. The number of ether oxygens (including phenoxy) is 1. The standard InChI is InChI=1S/C16H20ClN3O2/c1-5-20-15(9-11(3)19-20)18-16(21)12(4)22-13-6-7-14(17)10(2)8-13/h6-9,12H,5H2,1-4H3,(H,18,21). The van der Waals surface area contributed by atoms with E-state index >= 15 is 0 Å². The molecule has 2 rings (SSSR count). The van der Waals surface area contributed by atoms with Crippen LogP contribution in [0.3, 0.4) is 0 Å². The third-order valence-corrected chi connectivity index (χ3v) is 3.69. The summed E-state index contributed by atoms with van der Waals surface area (Å²) in [5, 5.41) is 7.80. The van der Waals surface area contributed by atoms with E-state index in [1.54, 1.807) is 23.7 Å². The van der Waals surface area contributed by atoms with Crippen molar-refractivity contribution < 1.29 is 9.53 Å². The molecule has 1 N–H and O–H groups in total. The molecule has 0 bridgehead atoms. The van der Waals surface area contributed by atoms with Crippen LogP contribution in [0.15, 0.2) is 24.3 Å². The van der Waals surface area contributed by atoms with Gasteiger partial charge in [-0.2, -0.15) is 5.10 Å². The summed E-state index contributed by atoms with van der Waals surface area (Å²) < 4.78 is 7.41. The fourth-order valence-corrected chi connectivity index (χ4v) is 2.18. The minimum Gasteiger partial charge on any atom is -0.481 e. The Kier molecular flexibility index (Phi) is 5.08. The lowest BCUT2D eigenvalue weighted by Crippen LogP contribution is -2.31. The number of nitrogens with one attached hydrogen (secondary N) is 1. The van der Waals surface area contributed by atoms with Crippen LogP contribution in [-0.4, -0.2) is 21.8 Å². The molecule has 0 aliphatic heterocycles. The van der Waals surface area contributed by atoms with Gasteiger partial charge in [-0.3, -0.25) is 4.79 Å². The van der Waals surface area contributed by atoms with E-state index in [9.17, 15) is 4.79 Å². The van der Waals surface area contributed by atoms with Crippen LogP contribution in [0, 0.1) is 13.8 Å². The van der Waals surface area contributed by atoms with Gasteiger partial charge in [0.25, 0.3) is 5.91 Å². The van der Waals surface area contributed by atoms with Crippen LogP contribution >= 0.6 is 11.6 Å². The van der Waals surface area contributed by atoms with Crippen molar-refractivity contribution in [2.75, 3.05) is 5.32 Å². The molecule has 1 unspecified atom stereocenters. The van der Waals surface area contributed by atoms with E-state index < -0.39 is 6.10 Å². The van der Waals surface area contributed by atoms with Crippen LogP contribution in [0.4, 0.5) is 5.82 Å². The first kappa shape index (κ1) is 16.4. The molecular weight excluding hydrogens is 302 g/mol. The summed E-state index contributed by atoms with van der Waals surface area (Å²) in [6.45, 7) is 8.15. The average molecular weight is 322 g/mol. The molecule has 0 aliphatic rings. The summed E-state index contributed by atoms with van der Waals surface area (Å²) >= 11 is 5.98. The highest BCUT2D eigenvalue weighted by atomic mass is 35.5. The molecular formula is C16H20ClN3O2. The van der Waals surface area contributed by atoms with Crippen LogP contribution in [-0.2, 0) is 11.3 Å². The monoisotopic (exact) mass is 321 g/mol. The average Bonchev–Trinajstić information content (AvgIpc) is 2.82. The normalized spacial score (nSPS) is 12.0. The Labute approximate surface area is 135 Å². The zero-order valence-electron chi connectivity index (χ0n) is 13.2. The van der Waals surface area contributed by atoms with Crippen molar-refractivity contribution in [1.29, 1.82) is 0 Å². The highest BCUT2D eigenvalue weighted by Crippen LogP contribution is 2.22. The number of hydrogen-bond donors (Lipinski definition) is 1. The van der Waals surface area contributed by atoms with Crippen molar-refractivity contribution in [2.45, 2.75) is 40.3 Å². The fourth-order valence-electron chi connectivity index (χ4n) is 2.06. The number of aromatic nitrogens is 2. The molecule has 1 aromatic carbocycles. The first-order valence-electron chi connectivity index (χ1n) is 7.18.